The van der Waals surface area contributed by atoms with Crippen molar-refractivity contribution in [3.05, 3.63) is 39.6 Å². The van der Waals surface area contributed by atoms with E-state index in [2.05, 4.69) is 20.5 Å². The van der Waals surface area contributed by atoms with Crippen molar-refractivity contribution >= 4 is 17.2 Å². The van der Waals surface area contributed by atoms with Crippen molar-refractivity contribution in [2.45, 2.75) is 13.3 Å². The van der Waals surface area contributed by atoms with Crippen LogP contribution in [-0.2, 0) is 6.42 Å². The van der Waals surface area contributed by atoms with Crippen molar-refractivity contribution in [3.63, 3.8) is 0 Å². The van der Waals surface area contributed by atoms with Gasteiger partial charge in [-0.1, -0.05) is 0 Å². The van der Waals surface area contributed by atoms with Crippen LogP contribution in [0, 0.1) is 18.6 Å². The first kappa shape index (κ1) is 13.5. The molecule has 2 rings (SSSR count). The normalized spacial score (nSPS) is 10.5. The minimum absolute atomic E-state index is 0.284. The molecule has 0 aromatic carbocycles. The highest BCUT2D eigenvalue weighted by atomic mass is 32.1. The predicted octanol–water partition coefficient (Wildman–Crippen LogP) is 1.49. The highest BCUT2D eigenvalue weighted by Crippen LogP contribution is 2.08. The van der Waals surface area contributed by atoms with Crippen molar-refractivity contribution in [3.8, 4) is 0 Å². The lowest BCUT2D eigenvalue weighted by molar-refractivity contribution is 0.0944. The zero-order valence-electron chi connectivity index (χ0n) is 9.98. The summed E-state index contributed by atoms with van der Waals surface area (Å²) in [6.07, 6.45) is 1.30. The van der Waals surface area contributed by atoms with Crippen LogP contribution in [-0.4, -0.2) is 27.6 Å². The topological polar surface area (TPSA) is 67.8 Å². The fourth-order valence-corrected chi connectivity index (χ4v) is 2.10. The molecule has 0 bridgehead atoms. The van der Waals surface area contributed by atoms with Gasteiger partial charge in [-0.2, -0.15) is 0 Å². The van der Waals surface area contributed by atoms with E-state index >= 15 is 0 Å². The number of aryl methyl sites for hydroxylation is 1. The quantitative estimate of drug-likeness (QED) is 0.923. The predicted molar refractivity (Wildman–Crippen MR) is 64.8 cm³/mol. The molecule has 0 unspecified atom stereocenters. The van der Waals surface area contributed by atoms with Crippen molar-refractivity contribution in [1.82, 2.24) is 20.5 Å². The van der Waals surface area contributed by atoms with Crippen molar-refractivity contribution in [2.75, 3.05) is 6.54 Å². The summed E-state index contributed by atoms with van der Waals surface area (Å²) in [6.45, 7) is 2.11. The van der Waals surface area contributed by atoms with Gasteiger partial charge in [-0.15, -0.1) is 21.5 Å². The summed E-state index contributed by atoms with van der Waals surface area (Å²) in [6, 6.07) is 0.621. The van der Waals surface area contributed by atoms with Crippen LogP contribution in [0.1, 0.15) is 20.5 Å². The number of nitrogens with one attached hydrogen (secondary N) is 1. The zero-order valence-corrected chi connectivity index (χ0v) is 10.8. The van der Waals surface area contributed by atoms with E-state index in [1.807, 2.05) is 6.92 Å². The molecule has 0 saturated heterocycles. The number of rotatable bonds is 4. The van der Waals surface area contributed by atoms with Crippen LogP contribution in [0.2, 0.25) is 0 Å². The number of halogens is 2. The fourth-order valence-electron chi connectivity index (χ4n) is 1.39. The second kappa shape index (κ2) is 5.79. The molecule has 0 radical (unpaired) electrons. The summed E-state index contributed by atoms with van der Waals surface area (Å²) in [4.78, 5) is 15.0. The lowest BCUT2D eigenvalue weighted by Gasteiger charge is -2.03. The molecule has 8 heteroatoms. The zero-order chi connectivity index (χ0) is 13.8. The van der Waals surface area contributed by atoms with E-state index in [0.717, 1.165) is 16.2 Å². The largest absolute Gasteiger partial charge is 0.350 e. The third kappa shape index (κ3) is 3.50. The Hall–Kier alpha value is -1.96. The molecule has 0 aliphatic carbocycles. The Bertz CT molecular complexity index is 602. The maximum atomic E-state index is 13.3. The van der Waals surface area contributed by atoms with Gasteiger partial charge in [0.15, 0.2) is 11.5 Å². The number of pyridine rings is 1. The molecule has 1 amide bonds. The number of nitrogens with zero attached hydrogens (tertiary/aromatic N) is 3. The average Bonchev–Trinajstić information content (AvgIpc) is 2.75. The van der Waals surface area contributed by atoms with E-state index in [0.29, 0.717) is 12.5 Å². The summed E-state index contributed by atoms with van der Waals surface area (Å²) < 4.78 is 25.9. The molecule has 0 saturated carbocycles. The van der Waals surface area contributed by atoms with E-state index in [-0.39, 0.29) is 6.54 Å². The molecular formula is C11H10F2N4OS. The molecule has 2 heterocycles. The van der Waals surface area contributed by atoms with E-state index < -0.39 is 23.2 Å². The Balaban J connectivity index is 1.90. The number of aromatic nitrogens is 3. The van der Waals surface area contributed by atoms with Gasteiger partial charge in [0.1, 0.15) is 15.8 Å². The Morgan fingerprint density at radius 2 is 2.21 bits per heavy atom. The van der Waals surface area contributed by atoms with Crippen LogP contribution in [0.4, 0.5) is 8.78 Å². The summed E-state index contributed by atoms with van der Waals surface area (Å²) in [7, 11) is 0. The molecule has 0 aliphatic heterocycles. The molecule has 0 spiro atoms. The Morgan fingerprint density at radius 3 is 2.84 bits per heavy atom. The SMILES string of the molecule is Cc1nnc(CCNC(=O)c2ncc(F)cc2F)s1. The third-order valence-corrected chi connectivity index (χ3v) is 3.11. The van der Waals surface area contributed by atoms with Crippen LogP contribution in [0.5, 0.6) is 0 Å². The van der Waals surface area contributed by atoms with E-state index in [1.165, 1.54) is 11.3 Å². The van der Waals surface area contributed by atoms with Crippen molar-refractivity contribution < 1.29 is 13.6 Å². The second-order valence-electron chi connectivity index (χ2n) is 3.70. The summed E-state index contributed by atoms with van der Waals surface area (Å²) in [5, 5.41) is 11.8. The van der Waals surface area contributed by atoms with Crippen molar-refractivity contribution in [2.24, 2.45) is 0 Å². The standard InChI is InChI=1S/C11H10F2N4OS/c1-6-16-17-9(19-6)2-3-14-11(18)10-8(13)4-7(12)5-15-10/h4-5H,2-3H2,1H3,(H,14,18). The molecule has 1 N–H and O–H groups in total. The monoisotopic (exact) mass is 284 g/mol. The van der Waals surface area contributed by atoms with Gasteiger partial charge in [-0.3, -0.25) is 4.79 Å². The van der Waals surface area contributed by atoms with Gasteiger partial charge >= 0.3 is 0 Å². The first-order valence-electron chi connectivity index (χ1n) is 5.44. The van der Waals surface area contributed by atoms with E-state index in [4.69, 9.17) is 0 Å². The summed E-state index contributed by atoms with van der Waals surface area (Å²) in [5.74, 6) is -2.48. The fraction of sp³-hybridized carbons (Fsp3) is 0.273. The van der Waals surface area contributed by atoms with Crippen LogP contribution < -0.4 is 5.32 Å². The Kier molecular flexibility index (Phi) is 4.10. The average molecular weight is 284 g/mol. The van der Waals surface area contributed by atoms with Crippen LogP contribution in [0.25, 0.3) is 0 Å². The van der Waals surface area contributed by atoms with Gasteiger partial charge in [0.25, 0.3) is 5.91 Å². The number of carbonyl (C=O) groups is 1. The van der Waals surface area contributed by atoms with E-state index in [9.17, 15) is 13.6 Å². The van der Waals surface area contributed by atoms with Gasteiger partial charge < -0.3 is 5.32 Å². The van der Waals surface area contributed by atoms with Gasteiger partial charge in [0.05, 0.1) is 6.20 Å². The first-order valence-corrected chi connectivity index (χ1v) is 6.26. The number of hydrogen-bond acceptors (Lipinski definition) is 5. The minimum Gasteiger partial charge on any atom is -0.350 e. The van der Waals surface area contributed by atoms with Crippen LogP contribution in [0.3, 0.4) is 0 Å². The maximum Gasteiger partial charge on any atom is 0.272 e. The van der Waals surface area contributed by atoms with Crippen LogP contribution in [0.15, 0.2) is 12.3 Å². The molecule has 0 atom stereocenters. The Labute approximate surface area is 111 Å². The number of hydrogen-bond donors (Lipinski definition) is 1. The highest BCUT2D eigenvalue weighted by Gasteiger charge is 2.14. The highest BCUT2D eigenvalue weighted by molar-refractivity contribution is 7.11. The van der Waals surface area contributed by atoms with Crippen molar-refractivity contribution in [1.29, 1.82) is 0 Å². The molecule has 5 nitrogen and oxygen atoms in total. The molecule has 2 aromatic rings. The lowest BCUT2D eigenvalue weighted by atomic mass is 10.3. The molecule has 0 aliphatic rings. The summed E-state index contributed by atoms with van der Waals surface area (Å²) >= 11 is 1.43. The lowest BCUT2D eigenvalue weighted by Crippen LogP contribution is -2.27. The summed E-state index contributed by atoms with van der Waals surface area (Å²) in [5.41, 5.74) is -0.421. The molecule has 100 valence electrons. The van der Waals surface area contributed by atoms with Gasteiger partial charge in [-0.05, 0) is 6.92 Å². The van der Waals surface area contributed by atoms with Gasteiger partial charge in [-0.25, -0.2) is 13.8 Å². The molecule has 2 aromatic heterocycles. The molecule has 19 heavy (non-hydrogen) atoms. The Morgan fingerprint density at radius 1 is 1.42 bits per heavy atom. The number of amides is 1. The number of carbonyl (C=O) groups excluding carboxylic acids is 1. The molecular weight excluding hydrogens is 274 g/mol. The second-order valence-corrected chi connectivity index (χ2v) is 4.97. The molecule has 0 fully saturated rings. The smallest absolute Gasteiger partial charge is 0.272 e. The van der Waals surface area contributed by atoms with Gasteiger partial charge in [0.2, 0.25) is 0 Å². The third-order valence-electron chi connectivity index (χ3n) is 2.22. The van der Waals surface area contributed by atoms with Gasteiger partial charge in [0, 0.05) is 19.0 Å². The van der Waals surface area contributed by atoms with Crippen LogP contribution >= 0.6 is 11.3 Å². The maximum absolute atomic E-state index is 13.3. The van der Waals surface area contributed by atoms with E-state index in [1.54, 1.807) is 0 Å². The first-order chi connectivity index (χ1) is 9.06. The minimum atomic E-state index is -0.982.